The number of pyridine rings is 1. The van der Waals surface area contributed by atoms with Gasteiger partial charge in [0.1, 0.15) is 17.6 Å². The number of piperidine rings is 1. The number of hydrogen-bond donors (Lipinski definition) is 1. The maximum atomic E-state index is 12.2. The molecule has 1 amide bonds. The van der Waals surface area contributed by atoms with Crippen LogP contribution in [0.15, 0.2) is 42.6 Å². The van der Waals surface area contributed by atoms with Gasteiger partial charge in [-0.2, -0.15) is 5.26 Å². The first kappa shape index (κ1) is 21.6. The van der Waals surface area contributed by atoms with E-state index in [4.69, 9.17) is 4.74 Å². The van der Waals surface area contributed by atoms with Gasteiger partial charge in [-0.25, -0.2) is 4.98 Å². The van der Waals surface area contributed by atoms with Crippen LogP contribution in [0, 0.1) is 17.2 Å². The van der Waals surface area contributed by atoms with E-state index in [-0.39, 0.29) is 17.9 Å². The van der Waals surface area contributed by atoms with Gasteiger partial charge in [-0.15, -0.1) is 0 Å². The second kappa shape index (κ2) is 9.62. The Labute approximate surface area is 178 Å². The highest BCUT2D eigenvalue weighted by Gasteiger charge is 2.22. The predicted octanol–water partition coefficient (Wildman–Crippen LogP) is 3.66. The van der Waals surface area contributed by atoms with Crippen molar-refractivity contribution in [1.29, 1.82) is 5.26 Å². The molecule has 3 rings (SSSR count). The van der Waals surface area contributed by atoms with E-state index in [2.05, 4.69) is 42.0 Å². The Balaban J connectivity index is 1.39. The largest absolute Gasteiger partial charge is 0.484 e. The van der Waals surface area contributed by atoms with Crippen LogP contribution in [0.1, 0.15) is 44.7 Å². The number of carbonyl (C=O) groups excluding carboxylic acids is 1. The van der Waals surface area contributed by atoms with Gasteiger partial charge >= 0.3 is 0 Å². The summed E-state index contributed by atoms with van der Waals surface area (Å²) < 4.78 is 5.62. The molecule has 2 aromatic rings. The van der Waals surface area contributed by atoms with Crippen molar-refractivity contribution >= 4 is 11.7 Å². The average Bonchev–Trinajstić information content (AvgIpc) is 2.76. The Kier molecular flexibility index (Phi) is 6.94. The Morgan fingerprint density at radius 3 is 2.57 bits per heavy atom. The molecule has 2 heterocycles. The van der Waals surface area contributed by atoms with Gasteiger partial charge in [-0.1, -0.05) is 32.9 Å². The summed E-state index contributed by atoms with van der Waals surface area (Å²) in [6.07, 6.45) is 3.63. The fourth-order valence-electron chi connectivity index (χ4n) is 3.59. The summed E-state index contributed by atoms with van der Waals surface area (Å²) in [5.74, 6) is 1.78. The minimum atomic E-state index is -0.103. The van der Waals surface area contributed by atoms with Crippen molar-refractivity contribution in [3.05, 3.63) is 53.7 Å². The van der Waals surface area contributed by atoms with Crippen LogP contribution in [0.5, 0.6) is 5.75 Å². The van der Waals surface area contributed by atoms with Crippen LogP contribution >= 0.6 is 0 Å². The molecule has 1 saturated heterocycles. The van der Waals surface area contributed by atoms with Crippen molar-refractivity contribution in [3.8, 4) is 11.8 Å². The summed E-state index contributed by atoms with van der Waals surface area (Å²) in [6.45, 7) is 8.84. The van der Waals surface area contributed by atoms with Crippen molar-refractivity contribution in [2.75, 3.05) is 31.1 Å². The summed E-state index contributed by atoms with van der Waals surface area (Å²) in [5.41, 5.74) is 1.94. The summed E-state index contributed by atoms with van der Waals surface area (Å²) in [7, 11) is 0. The molecule has 0 radical (unpaired) electrons. The summed E-state index contributed by atoms with van der Waals surface area (Å²) in [4.78, 5) is 18.7. The number of aromatic nitrogens is 1. The van der Waals surface area contributed by atoms with Crippen LogP contribution in [0.25, 0.3) is 0 Å². The highest BCUT2D eigenvalue weighted by atomic mass is 16.5. The molecular formula is C24H30N4O2. The van der Waals surface area contributed by atoms with Crippen molar-refractivity contribution in [2.24, 2.45) is 5.92 Å². The third-order valence-electron chi connectivity index (χ3n) is 5.50. The van der Waals surface area contributed by atoms with E-state index in [9.17, 15) is 10.1 Å². The van der Waals surface area contributed by atoms with Crippen LogP contribution < -0.4 is 15.0 Å². The summed E-state index contributed by atoms with van der Waals surface area (Å²) in [6, 6.07) is 13.7. The van der Waals surface area contributed by atoms with E-state index in [1.807, 2.05) is 24.3 Å². The van der Waals surface area contributed by atoms with E-state index in [0.29, 0.717) is 23.8 Å². The quantitative estimate of drug-likeness (QED) is 0.792. The molecule has 6 nitrogen and oxygen atoms in total. The van der Waals surface area contributed by atoms with Crippen molar-refractivity contribution < 1.29 is 9.53 Å². The molecule has 6 heteroatoms. The third kappa shape index (κ3) is 5.73. The van der Waals surface area contributed by atoms with Gasteiger partial charge in [-0.3, -0.25) is 4.79 Å². The molecule has 1 fully saturated rings. The van der Waals surface area contributed by atoms with E-state index in [1.54, 1.807) is 18.3 Å². The van der Waals surface area contributed by atoms with Crippen LogP contribution in [0.2, 0.25) is 0 Å². The molecule has 1 aliphatic rings. The van der Waals surface area contributed by atoms with Gasteiger partial charge in [0.2, 0.25) is 0 Å². The zero-order valence-electron chi connectivity index (χ0n) is 18.0. The molecule has 30 heavy (non-hydrogen) atoms. The fraction of sp³-hybridized carbons (Fsp3) is 0.458. The van der Waals surface area contributed by atoms with Crippen molar-refractivity contribution in [2.45, 2.75) is 39.0 Å². The first-order valence-corrected chi connectivity index (χ1v) is 10.5. The summed E-state index contributed by atoms with van der Waals surface area (Å²) in [5, 5.41) is 12.2. The lowest BCUT2D eigenvalue weighted by Crippen LogP contribution is -2.40. The average molecular weight is 407 g/mol. The maximum Gasteiger partial charge on any atom is 0.257 e. The molecule has 1 aromatic carbocycles. The molecule has 1 aliphatic heterocycles. The van der Waals surface area contributed by atoms with Gasteiger partial charge in [0.15, 0.2) is 6.61 Å². The van der Waals surface area contributed by atoms with E-state index < -0.39 is 0 Å². The highest BCUT2D eigenvalue weighted by molar-refractivity contribution is 5.77. The van der Waals surface area contributed by atoms with Gasteiger partial charge < -0.3 is 15.0 Å². The lowest BCUT2D eigenvalue weighted by molar-refractivity contribution is -0.123. The number of nitrogens with zero attached hydrogens (tertiary/aromatic N) is 3. The third-order valence-corrected chi connectivity index (χ3v) is 5.50. The SMILES string of the molecule is CC(C)(C)c1ccc(OCC(=O)NCC2CCN(c3ncccc3C#N)CC2)cc1. The predicted molar refractivity (Wildman–Crippen MR) is 118 cm³/mol. The first-order chi connectivity index (χ1) is 14.4. The van der Waals surface area contributed by atoms with Gasteiger partial charge in [0.25, 0.3) is 5.91 Å². The molecule has 0 spiro atoms. The Morgan fingerprint density at radius 2 is 1.93 bits per heavy atom. The van der Waals surface area contributed by atoms with Crippen LogP contribution in [0.3, 0.4) is 0 Å². The number of nitrogens with one attached hydrogen (secondary N) is 1. The van der Waals surface area contributed by atoms with E-state index >= 15 is 0 Å². The van der Waals surface area contributed by atoms with Gasteiger partial charge in [0.05, 0.1) is 5.56 Å². The molecule has 0 bridgehead atoms. The smallest absolute Gasteiger partial charge is 0.257 e. The van der Waals surface area contributed by atoms with Crippen LogP contribution in [0.4, 0.5) is 5.82 Å². The van der Waals surface area contributed by atoms with Crippen molar-refractivity contribution in [3.63, 3.8) is 0 Å². The molecule has 0 atom stereocenters. The number of carbonyl (C=O) groups is 1. The number of benzene rings is 1. The number of rotatable bonds is 6. The molecule has 0 saturated carbocycles. The van der Waals surface area contributed by atoms with E-state index in [0.717, 1.165) is 31.7 Å². The monoisotopic (exact) mass is 406 g/mol. The highest BCUT2D eigenvalue weighted by Crippen LogP contribution is 2.25. The number of amides is 1. The minimum absolute atomic E-state index is 0.0210. The zero-order valence-corrected chi connectivity index (χ0v) is 18.0. The van der Waals surface area contributed by atoms with Crippen LogP contribution in [-0.4, -0.2) is 37.1 Å². The number of anilines is 1. The number of ether oxygens (including phenoxy) is 1. The van der Waals surface area contributed by atoms with Crippen molar-refractivity contribution in [1.82, 2.24) is 10.3 Å². The van der Waals surface area contributed by atoms with Gasteiger partial charge in [-0.05, 0) is 54.0 Å². The molecule has 1 N–H and O–H groups in total. The zero-order chi connectivity index (χ0) is 21.6. The standard InChI is InChI=1S/C24H30N4O2/c1-24(2,3)20-6-8-21(9-7-20)30-17-22(29)27-16-18-10-13-28(14-11-18)23-19(15-25)5-4-12-26-23/h4-9,12,18H,10-11,13-14,16-17H2,1-3H3,(H,27,29). The minimum Gasteiger partial charge on any atom is -0.484 e. The molecular weight excluding hydrogens is 376 g/mol. The number of hydrogen-bond acceptors (Lipinski definition) is 5. The topological polar surface area (TPSA) is 78.2 Å². The molecule has 158 valence electrons. The fourth-order valence-corrected chi connectivity index (χ4v) is 3.59. The maximum absolute atomic E-state index is 12.2. The summed E-state index contributed by atoms with van der Waals surface area (Å²) >= 11 is 0. The molecule has 0 aliphatic carbocycles. The Bertz CT molecular complexity index is 889. The molecule has 0 unspecified atom stereocenters. The number of nitriles is 1. The Hall–Kier alpha value is -3.07. The Morgan fingerprint density at radius 1 is 1.23 bits per heavy atom. The lowest BCUT2D eigenvalue weighted by atomic mass is 9.87. The lowest BCUT2D eigenvalue weighted by Gasteiger charge is -2.33. The normalized spacial score (nSPS) is 14.8. The van der Waals surface area contributed by atoms with E-state index in [1.165, 1.54) is 5.56 Å². The van der Waals surface area contributed by atoms with Crippen LogP contribution in [-0.2, 0) is 10.2 Å². The second-order valence-corrected chi connectivity index (χ2v) is 8.78. The first-order valence-electron chi connectivity index (χ1n) is 10.5. The molecule has 1 aromatic heterocycles. The second-order valence-electron chi connectivity index (χ2n) is 8.78. The van der Waals surface area contributed by atoms with Gasteiger partial charge in [0, 0.05) is 25.8 Å².